The van der Waals surface area contributed by atoms with E-state index < -0.39 is 18.0 Å². The molecule has 1 atom stereocenters. The van der Waals surface area contributed by atoms with E-state index in [0.29, 0.717) is 12.8 Å². The fraction of sp³-hybridized carbons (Fsp3) is 0.667. The standard InChI is InChI=1S/C69H114O6/c1-4-7-10-13-16-19-22-25-28-29-30-31-32-33-34-35-36-37-38-39-42-44-47-50-53-56-59-62-68(71)74-65-66(75-69(72)63-60-57-54-51-48-45-41-27-24-21-18-15-12-9-6-3)64-73-67(70)61-58-55-52-49-46-43-40-26-23-20-17-14-11-8-5-2/h8-9,11-12,17-18,20-21,26-27,40-41,46,48-49,51,55,57-58,60,66H,4-7,10,13-16,19,22-25,28-39,42-45,47,50,52-54,56,59,61-65H2,1-3H3/b11-8-,12-9-,20-17-,21-18-,40-26-,41-27-,49-46-,51-48-,58-55-,60-57-. The van der Waals surface area contributed by atoms with E-state index in [1.807, 2.05) is 12.2 Å². The normalized spacial score (nSPS) is 12.9. The number of unbranched alkanes of at least 4 members (excludes halogenated alkanes) is 26. The number of rotatable bonds is 55. The third-order valence-corrected chi connectivity index (χ3v) is 13.0. The van der Waals surface area contributed by atoms with Crippen molar-refractivity contribution < 1.29 is 28.6 Å². The topological polar surface area (TPSA) is 78.9 Å². The van der Waals surface area contributed by atoms with Crippen LogP contribution in [0.25, 0.3) is 0 Å². The van der Waals surface area contributed by atoms with Gasteiger partial charge >= 0.3 is 17.9 Å². The number of ether oxygens (including phenoxy) is 3. The van der Waals surface area contributed by atoms with Gasteiger partial charge in [-0.25, -0.2) is 0 Å². The van der Waals surface area contributed by atoms with Gasteiger partial charge in [0.1, 0.15) is 13.2 Å². The minimum absolute atomic E-state index is 0.0750. The Labute approximate surface area is 462 Å². The van der Waals surface area contributed by atoms with Crippen molar-refractivity contribution in [2.75, 3.05) is 13.2 Å². The Kier molecular flexibility index (Phi) is 58.9. The predicted molar refractivity (Wildman–Crippen MR) is 325 cm³/mol. The third kappa shape index (κ3) is 60.6. The summed E-state index contributed by atoms with van der Waals surface area (Å²) < 4.78 is 16.7. The highest BCUT2D eigenvalue weighted by molar-refractivity contribution is 5.72. The van der Waals surface area contributed by atoms with Gasteiger partial charge in [0.25, 0.3) is 0 Å². The highest BCUT2D eigenvalue weighted by Gasteiger charge is 2.19. The van der Waals surface area contributed by atoms with E-state index in [1.54, 1.807) is 12.2 Å². The number of carbonyl (C=O) groups is 3. The lowest BCUT2D eigenvalue weighted by Crippen LogP contribution is -2.30. The van der Waals surface area contributed by atoms with Crippen LogP contribution in [0.15, 0.2) is 122 Å². The zero-order valence-corrected chi connectivity index (χ0v) is 48.8. The molecule has 0 aromatic carbocycles. The van der Waals surface area contributed by atoms with Gasteiger partial charge in [-0.2, -0.15) is 0 Å². The second-order valence-electron chi connectivity index (χ2n) is 20.2. The van der Waals surface area contributed by atoms with Crippen LogP contribution < -0.4 is 0 Å². The number of allylic oxidation sites excluding steroid dienone is 18. The van der Waals surface area contributed by atoms with E-state index in [9.17, 15) is 14.4 Å². The molecule has 0 heterocycles. The first-order valence-corrected chi connectivity index (χ1v) is 31.0. The van der Waals surface area contributed by atoms with Gasteiger partial charge in [-0.1, -0.05) is 309 Å². The summed E-state index contributed by atoms with van der Waals surface area (Å²) in [6, 6.07) is 0. The van der Waals surface area contributed by atoms with E-state index in [-0.39, 0.29) is 32.0 Å². The first kappa shape index (κ1) is 70.8. The SMILES string of the molecule is CC/C=C\C/C=C\C/C=C\C/C=C\C/C=C\CC(=O)OCC(COC(=O)CCCCCCCCCCCCCCCCCCCCCCCCCCCCC)OC(=O)C/C=C\C/C=C\C/C=C\C/C=C\C/C=C\CC. The van der Waals surface area contributed by atoms with Gasteiger partial charge in [-0.15, -0.1) is 0 Å². The van der Waals surface area contributed by atoms with E-state index in [4.69, 9.17) is 14.2 Å². The average molecular weight is 1040 g/mol. The maximum Gasteiger partial charge on any atom is 0.310 e. The Morgan fingerprint density at radius 3 is 0.813 bits per heavy atom. The van der Waals surface area contributed by atoms with Gasteiger partial charge in [0, 0.05) is 6.42 Å². The molecule has 0 aromatic rings. The summed E-state index contributed by atoms with van der Waals surface area (Å²) in [5.41, 5.74) is 0. The molecular weight excluding hydrogens is 925 g/mol. The summed E-state index contributed by atoms with van der Waals surface area (Å²) in [7, 11) is 0. The van der Waals surface area contributed by atoms with Gasteiger partial charge < -0.3 is 14.2 Å². The first-order chi connectivity index (χ1) is 37.0. The fourth-order valence-electron chi connectivity index (χ4n) is 8.48. The Morgan fingerprint density at radius 2 is 0.520 bits per heavy atom. The summed E-state index contributed by atoms with van der Waals surface area (Å²) in [5.74, 6) is -1.21. The predicted octanol–water partition coefficient (Wildman–Crippen LogP) is 21.2. The van der Waals surface area contributed by atoms with Gasteiger partial charge in [0.05, 0.1) is 12.8 Å². The average Bonchev–Trinajstić information content (AvgIpc) is 3.41. The van der Waals surface area contributed by atoms with Crippen molar-refractivity contribution in [1.29, 1.82) is 0 Å². The minimum atomic E-state index is -0.875. The van der Waals surface area contributed by atoms with Crippen molar-refractivity contribution in [1.82, 2.24) is 0 Å². The van der Waals surface area contributed by atoms with Gasteiger partial charge in [0.2, 0.25) is 0 Å². The molecule has 0 aliphatic carbocycles. The van der Waals surface area contributed by atoms with Crippen molar-refractivity contribution in [2.45, 2.75) is 284 Å². The summed E-state index contributed by atoms with van der Waals surface area (Å²) in [6.45, 7) is 6.25. The molecule has 0 amide bonds. The molecule has 426 valence electrons. The Balaban J connectivity index is 4.38. The van der Waals surface area contributed by atoms with Crippen LogP contribution in [0.1, 0.15) is 278 Å². The van der Waals surface area contributed by atoms with E-state index in [1.165, 1.54) is 154 Å². The molecule has 6 nitrogen and oxygen atoms in total. The molecule has 0 saturated carbocycles. The lowest BCUT2D eigenvalue weighted by Gasteiger charge is -2.17. The van der Waals surface area contributed by atoms with Crippen molar-refractivity contribution in [3.63, 3.8) is 0 Å². The molecule has 0 aliphatic heterocycles. The number of hydrogen-bond donors (Lipinski definition) is 0. The van der Waals surface area contributed by atoms with Crippen molar-refractivity contribution in [3.8, 4) is 0 Å². The molecule has 0 N–H and O–H groups in total. The molecule has 0 bridgehead atoms. The molecule has 0 aliphatic rings. The maximum absolute atomic E-state index is 12.8. The Bertz CT molecular complexity index is 1570. The number of esters is 3. The van der Waals surface area contributed by atoms with Crippen LogP contribution in [0, 0.1) is 0 Å². The summed E-state index contributed by atoms with van der Waals surface area (Å²) in [5, 5.41) is 0. The van der Waals surface area contributed by atoms with Crippen LogP contribution in [-0.2, 0) is 28.6 Å². The molecular formula is C69H114O6. The Hall–Kier alpha value is -4.19. The van der Waals surface area contributed by atoms with Gasteiger partial charge in [-0.3, -0.25) is 14.4 Å². The molecule has 75 heavy (non-hydrogen) atoms. The summed E-state index contributed by atoms with van der Waals surface area (Å²) >= 11 is 0. The lowest BCUT2D eigenvalue weighted by atomic mass is 10.0. The quantitative estimate of drug-likeness (QED) is 0.0261. The fourth-order valence-corrected chi connectivity index (χ4v) is 8.48. The van der Waals surface area contributed by atoms with Crippen LogP contribution in [-0.4, -0.2) is 37.2 Å². The van der Waals surface area contributed by atoms with Crippen molar-refractivity contribution >= 4 is 17.9 Å². The Morgan fingerprint density at radius 1 is 0.280 bits per heavy atom. The van der Waals surface area contributed by atoms with Crippen LogP contribution in [0.3, 0.4) is 0 Å². The number of carbonyl (C=O) groups excluding carboxylic acids is 3. The van der Waals surface area contributed by atoms with Crippen LogP contribution in [0.4, 0.5) is 0 Å². The third-order valence-electron chi connectivity index (χ3n) is 13.0. The second kappa shape index (κ2) is 62.4. The van der Waals surface area contributed by atoms with E-state index in [2.05, 4.69) is 118 Å². The van der Waals surface area contributed by atoms with Crippen molar-refractivity contribution in [3.05, 3.63) is 122 Å². The summed E-state index contributed by atoms with van der Waals surface area (Å²) in [6.07, 6.45) is 87.1. The molecule has 0 aromatic heterocycles. The largest absolute Gasteiger partial charge is 0.462 e. The summed E-state index contributed by atoms with van der Waals surface area (Å²) in [4.78, 5) is 38.1. The monoisotopic (exact) mass is 1040 g/mol. The highest BCUT2D eigenvalue weighted by atomic mass is 16.6. The highest BCUT2D eigenvalue weighted by Crippen LogP contribution is 2.17. The second-order valence-corrected chi connectivity index (χ2v) is 20.2. The van der Waals surface area contributed by atoms with Crippen LogP contribution >= 0.6 is 0 Å². The lowest BCUT2D eigenvalue weighted by molar-refractivity contribution is -0.166. The minimum Gasteiger partial charge on any atom is -0.462 e. The molecule has 0 fully saturated rings. The van der Waals surface area contributed by atoms with Crippen molar-refractivity contribution in [2.24, 2.45) is 0 Å². The molecule has 0 saturated heterocycles. The molecule has 0 radical (unpaired) electrons. The van der Waals surface area contributed by atoms with Crippen LogP contribution in [0.2, 0.25) is 0 Å². The zero-order valence-electron chi connectivity index (χ0n) is 48.8. The molecule has 0 rings (SSSR count). The molecule has 6 heteroatoms. The molecule has 0 spiro atoms. The zero-order chi connectivity index (χ0) is 54.3. The van der Waals surface area contributed by atoms with E-state index in [0.717, 1.165) is 77.0 Å². The van der Waals surface area contributed by atoms with E-state index >= 15 is 0 Å². The van der Waals surface area contributed by atoms with Gasteiger partial charge in [-0.05, 0) is 70.6 Å². The smallest absolute Gasteiger partial charge is 0.310 e. The van der Waals surface area contributed by atoms with Gasteiger partial charge in [0.15, 0.2) is 6.10 Å². The van der Waals surface area contributed by atoms with Crippen LogP contribution in [0.5, 0.6) is 0 Å². The first-order valence-electron chi connectivity index (χ1n) is 31.0. The number of hydrogen-bond acceptors (Lipinski definition) is 6. The molecule has 1 unspecified atom stereocenters. The maximum atomic E-state index is 12.8.